The first kappa shape index (κ1) is 13.5. The number of halogens is 2. The Morgan fingerprint density at radius 2 is 1.84 bits per heavy atom. The summed E-state index contributed by atoms with van der Waals surface area (Å²) in [7, 11) is 0. The number of amides is 1. The van der Waals surface area contributed by atoms with E-state index in [0.29, 0.717) is 12.5 Å². The highest BCUT2D eigenvalue weighted by atomic mass is 19.1. The lowest BCUT2D eigenvalue weighted by atomic mass is 9.90. The highest BCUT2D eigenvalue weighted by Gasteiger charge is 2.42. The second-order valence-corrected chi connectivity index (χ2v) is 5.00. The van der Waals surface area contributed by atoms with E-state index in [-0.39, 0.29) is 18.7 Å². The molecule has 1 saturated heterocycles. The second-order valence-electron chi connectivity index (χ2n) is 5.00. The van der Waals surface area contributed by atoms with Crippen LogP contribution in [-0.4, -0.2) is 35.0 Å². The smallest absolute Gasteiger partial charge is 0.311 e. The Bertz CT molecular complexity index is 526. The molecule has 1 fully saturated rings. The van der Waals surface area contributed by atoms with Gasteiger partial charge >= 0.3 is 5.97 Å². The fourth-order valence-corrected chi connectivity index (χ4v) is 2.17. The summed E-state index contributed by atoms with van der Waals surface area (Å²) < 4.78 is 26.1. The minimum Gasteiger partial charge on any atom is -0.481 e. The molecule has 4 nitrogen and oxygen atoms in total. The van der Waals surface area contributed by atoms with Gasteiger partial charge in [0.2, 0.25) is 0 Å². The number of hydrogen-bond donors (Lipinski definition) is 1. The van der Waals surface area contributed by atoms with Gasteiger partial charge in [-0.1, -0.05) is 0 Å². The zero-order valence-electron chi connectivity index (χ0n) is 10.3. The Hall–Kier alpha value is -1.98. The summed E-state index contributed by atoms with van der Waals surface area (Å²) in [5.41, 5.74) is -1.10. The van der Waals surface area contributed by atoms with Crippen LogP contribution >= 0.6 is 0 Å². The highest BCUT2D eigenvalue weighted by Crippen LogP contribution is 2.31. The molecule has 1 heterocycles. The van der Waals surface area contributed by atoms with Crippen LogP contribution in [0.25, 0.3) is 0 Å². The molecule has 0 unspecified atom stereocenters. The average molecular weight is 269 g/mol. The van der Waals surface area contributed by atoms with Crippen LogP contribution in [0.2, 0.25) is 0 Å². The lowest BCUT2D eigenvalue weighted by molar-refractivity contribution is -0.147. The van der Waals surface area contributed by atoms with Gasteiger partial charge in [0.25, 0.3) is 5.91 Å². The molecule has 1 aromatic carbocycles. The van der Waals surface area contributed by atoms with E-state index in [2.05, 4.69) is 0 Å². The van der Waals surface area contributed by atoms with Crippen molar-refractivity contribution in [2.24, 2.45) is 5.41 Å². The fraction of sp³-hybridized carbons (Fsp3) is 0.385. The van der Waals surface area contributed by atoms with Crippen molar-refractivity contribution in [1.29, 1.82) is 0 Å². The Labute approximate surface area is 108 Å². The number of benzene rings is 1. The molecule has 0 aliphatic carbocycles. The van der Waals surface area contributed by atoms with Crippen LogP contribution in [0, 0.1) is 17.0 Å². The molecule has 1 aliphatic heterocycles. The minimum absolute atomic E-state index is 0.0410. The summed E-state index contributed by atoms with van der Waals surface area (Å²) in [4.78, 5) is 24.4. The van der Waals surface area contributed by atoms with Crippen molar-refractivity contribution in [3.63, 3.8) is 0 Å². The van der Waals surface area contributed by atoms with Gasteiger partial charge < -0.3 is 10.0 Å². The predicted octanol–water partition coefficient (Wildman–Crippen LogP) is 1.90. The Balaban J connectivity index is 2.20. The normalized spacial score (nSPS) is 22.6. The van der Waals surface area contributed by atoms with Gasteiger partial charge in [-0.3, -0.25) is 9.59 Å². The van der Waals surface area contributed by atoms with Crippen LogP contribution in [0.3, 0.4) is 0 Å². The maximum absolute atomic E-state index is 13.1. The van der Waals surface area contributed by atoms with Crippen LogP contribution < -0.4 is 0 Å². The van der Waals surface area contributed by atoms with E-state index in [4.69, 9.17) is 5.11 Å². The van der Waals surface area contributed by atoms with E-state index in [1.165, 1.54) is 4.90 Å². The Morgan fingerprint density at radius 1 is 1.26 bits per heavy atom. The van der Waals surface area contributed by atoms with Crippen molar-refractivity contribution in [3.05, 3.63) is 35.4 Å². The average Bonchev–Trinajstić information content (AvgIpc) is 2.71. The summed E-state index contributed by atoms with van der Waals surface area (Å²) in [6, 6.07) is 2.58. The Kier molecular flexibility index (Phi) is 3.26. The molecule has 0 spiro atoms. The standard InChI is InChI=1S/C13H13F2NO3/c1-13(12(18)19)2-3-16(7-13)11(17)8-4-9(14)6-10(15)5-8/h4-6H,2-3,7H2,1H3,(H,18,19)/t13-/m0/s1. The van der Waals surface area contributed by atoms with Gasteiger partial charge in [-0.2, -0.15) is 0 Å². The molecule has 1 aliphatic rings. The molecule has 19 heavy (non-hydrogen) atoms. The minimum atomic E-state index is -0.998. The number of carboxylic acid groups (broad SMARTS) is 1. The molecule has 0 bridgehead atoms. The molecule has 0 saturated carbocycles. The molecule has 2 rings (SSSR count). The van der Waals surface area contributed by atoms with Gasteiger partial charge in [-0.25, -0.2) is 8.78 Å². The van der Waals surface area contributed by atoms with E-state index in [1.54, 1.807) is 6.92 Å². The SMILES string of the molecule is C[C@]1(C(=O)O)CCN(C(=O)c2cc(F)cc(F)c2)C1. The number of likely N-dealkylation sites (tertiary alicyclic amines) is 1. The maximum atomic E-state index is 13.1. The summed E-state index contributed by atoms with van der Waals surface area (Å²) in [6.45, 7) is 1.85. The van der Waals surface area contributed by atoms with Crippen molar-refractivity contribution in [2.45, 2.75) is 13.3 Å². The molecule has 1 atom stereocenters. The van der Waals surface area contributed by atoms with Gasteiger partial charge in [0.1, 0.15) is 11.6 Å². The number of nitrogens with zero attached hydrogens (tertiary/aromatic N) is 1. The molecule has 1 aromatic rings. The van der Waals surface area contributed by atoms with Crippen LogP contribution in [0.4, 0.5) is 8.78 Å². The second kappa shape index (κ2) is 4.60. The van der Waals surface area contributed by atoms with Crippen LogP contribution in [-0.2, 0) is 4.79 Å². The summed E-state index contributed by atoms with van der Waals surface area (Å²) in [6.07, 6.45) is 0.325. The first-order valence-electron chi connectivity index (χ1n) is 5.81. The molecule has 0 radical (unpaired) electrons. The highest BCUT2D eigenvalue weighted by molar-refractivity contribution is 5.95. The number of hydrogen-bond acceptors (Lipinski definition) is 2. The molecule has 6 heteroatoms. The van der Waals surface area contributed by atoms with Crippen molar-refractivity contribution < 1.29 is 23.5 Å². The molecular formula is C13H13F2NO3. The quantitative estimate of drug-likeness (QED) is 0.892. The lowest BCUT2D eigenvalue weighted by Gasteiger charge is -2.20. The summed E-state index contributed by atoms with van der Waals surface area (Å²) >= 11 is 0. The number of rotatable bonds is 2. The number of carboxylic acids is 1. The lowest BCUT2D eigenvalue weighted by Crippen LogP contribution is -2.34. The number of carbonyl (C=O) groups is 2. The van der Waals surface area contributed by atoms with E-state index in [9.17, 15) is 18.4 Å². The van der Waals surface area contributed by atoms with Crippen molar-refractivity contribution in [3.8, 4) is 0 Å². The van der Waals surface area contributed by atoms with E-state index in [1.807, 2.05) is 0 Å². The monoisotopic (exact) mass is 269 g/mol. The first-order chi connectivity index (χ1) is 8.82. The zero-order chi connectivity index (χ0) is 14.2. The van der Waals surface area contributed by atoms with Gasteiger partial charge in [0.15, 0.2) is 0 Å². The first-order valence-corrected chi connectivity index (χ1v) is 5.81. The molecule has 102 valence electrons. The zero-order valence-corrected chi connectivity index (χ0v) is 10.3. The van der Waals surface area contributed by atoms with E-state index < -0.39 is 28.9 Å². The third-order valence-electron chi connectivity index (χ3n) is 3.39. The van der Waals surface area contributed by atoms with Gasteiger partial charge in [-0.05, 0) is 25.5 Å². The van der Waals surface area contributed by atoms with Gasteiger partial charge in [-0.15, -0.1) is 0 Å². The predicted molar refractivity (Wildman–Crippen MR) is 62.6 cm³/mol. The van der Waals surface area contributed by atoms with Crippen LogP contribution in [0.5, 0.6) is 0 Å². The maximum Gasteiger partial charge on any atom is 0.311 e. The van der Waals surface area contributed by atoms with Crippen molar-refractivity contribution >= 4 is 11.9 Å². The van der Waals surface area contributed by atoms with Gasteiger partial charge in [0.05, 0.1) is 5.41 Å². The van der Waals surface area contributed by atoms with E-state index in [0.717, 1.165) is 12.1 Å². The van der Waals surface area contributed by atoms with Crippen molar-refractivity contribution in [2.75, 3.05) is 13.1 Å². The topological polar surface area (TPSA) is 57.6 Å². The van der Waals surface area contributed by atoms with Crippen molar-refractivity contribution in [1.82, 2.24) is 4.90 Å². The molecular weight excluding hydrogens is 256 g/mol. The molecule has 0 aromatic heterocycles. The summed E-state index contributed by atoms with van der Waals surface area (Å²) in [5, 5.41) is 9.07. The summed E-state index contributed by atoms with van der Waals surface area (Å²) in [5.74, 6) is -3.19. The largest absolute Gasteiger partial charge is 0.481 e. The van der Waals surface area contributed by atoms with Gasteiger partial charge in [0, 0.05) is 24.7 Å². The third kappa shape index (κ3) is 2.57. The van der Waals surface area contributed by atoms with Crippen LogP contribution in [0.15, 0.2) is 18.2 Å². The molecule has 1 N–H and O–H groups in total. The molecule has 1 amide bonds. The number of carbonyl (C=O) groups excluding carboxylic acids is 1. The van der Waals surface area contributed by atoms with Crippen LogP contribution in [0.1, 0.15) is 23.7 Å². The van der Waals surface area contributed by atoms with E-state index >= 15 is 0 Å². The Morgan fingerprint density at radius 3 is 2.32 bits per heavy atom. The third-order valence-corrected chi connectivity index (χ3v) is 3.39. The fourth-order valence-electron chi connectivity index (χ4n) is 2.17. The number of aliphatic carboxylic acids is 1.